The number of aliphatic hydroxyl groups excluding tert-OH is 1. The number of hydrogen-bond acceptors (Lipinski definition) is 3. The van der Waals surface area contributed by atoms with E-state index in [9.17, 15) is 9.59 Å². The number of carbonyl (C=O) groups excluding carboxylic acids is 2. The quantitative estimate of drug-likeness (QED) is 0.598. The van der Waals surface area contributed by atoms with Crippen LogP contribution in [-0.4, -0.2) is 23.3 Å². The fourth-order valence-electron chi connectivity index (χ4n) is 1.46. The smallest absolute Gasteiger partial charge is 0.161 e. The SMILES string of the molecule is CCCCCCC(=O)CC(C)C(=O)CO. The molecule has 88 valence electrons. The Morgan fingerprint density at radius 1 is 1.20 bits per heavy atom. The molecule has 1 unspecified atom stereocenters. The molecule has 0 aromatic carbocycles. The molecule has 0 aliphatic rings. The third kappa shape index (κ3) is 7.25. The van der Waals surface area contributed by atoms with Gasteiger partial charge in [-0.1, -0.05) is 33.1 Å². The largest absolute Gasteiger partial charge is 0.389 e. The van der Waals surface area contributed by atoms with Crippen molar-refractivity contribution in [2.45, 2.75) is 52.4 Å². The molecule has 0 radical (unpaired) electrons. The van der Waals surface area contributed by atoms with Crippen molar-refractivity contribution in [2.75, 3.05) is 6.61 Å². The molecule has 3 nitrogen and oxygen atoms in total. The van der Waals surface area contributed by atoms with Crippen LogP contribution in [-0.2, 0) is 9.59 Å². The van der Waals surface area contributed by atoms with Gasteiger partial charge >= 0.3 is 0 Å². The minimum absolute atomic E-state index is 0.139. The van der Waals surface area contributed by atoms with Crippen molar-refractivity contribution in [1.29, 1.82) is 0 Å². The highest BCUT2D eigenvalue weighted by Crippen LogP contribution is 2.09. The topological polar surface area (TPSA) is 54.4 Å². The summed E-state index contributed by atoms with van der Waals surface area (Å²) in [4.78, 5) is 22.4. The van der Waals surface area contributed by atoms with E-state index in [2.05, 4.69) is 6.92 Å². The summed E-state index contributed by atoms with van der Waals surface area (Å²) < 4.78 is 0. The van der Waals surface area contributed by atoms with Gasteiger partial charge in [0.15, 0.2) is 5.78 Å². The molecule has 1 atom stereocenters. The summed E-state index contributed by atoms with van der Waals surface area (Å²) in [6, 6.07) is 0. The molecule has 0 aromatic rings. The highest BCUT2D eigenvalue weighted by atomic mass is 16.3. The number of unbranched alkanes of at least 4 members (excludes halogenated alkanes) is 3. The molecule has 15 heavy (non-hydrogen) atoms. The molecule has 0 aliphatic carbocycles. The zero-order valence-electron chi connectivity index (χ0n) is 9.79. The molecule has 0 fully saturated rings. The Bertz CT molecular complexity index is 199. The molecule has 3 heteroatoms. The molecule has 0 saturated heterocycles. The third-order valence-corrected chi connectivity index (χ3v) is 2.55. The summed E-state index contributed by atoms with van der Waals surface area (Å²) >= 11 is 0. The van der Waals surface area contributed by atoms with Gasteiger partial charge in [0.1, 0.15) is 12.4 Å². The van der Waals surface area contributed by atoms with Gasteiger partial charge in [-0.15, -0.1) is 0 Å². The van der Waals surface area contributed by atoms with Crippen LogP contribution in [0.4, 0.5) is 0 Å². The number of aliphatic hydroxyl groups is 1. The van der Waals surface area contributed by atoms with Crippen molar-refractivity contribution in [2.24, 2.45) is 5.92 Å². The average molecular weight is 214 g/mol. The first kappa shape index (κ1) is 14.3. The summed E-state index contributed by atoms with van der Waals surface area (Å²) in [5.74, 6) is -0.425. The monoisotopic (exact) mass is 214 g/mol. The first-order valence-corrected chi connectivity index (χ1v) is 5.77. The van der Waals surface area contributed by atoms with Crippen LogP contribution in [0.15, 0.2) is 0 Å². The molecular formula is C12H22O3. The lowest BCUT2D eigenvalue weighted by Gasteiger charge is -2.07. The molecule has 0 aromatic heterocycles. The second-order valence-corrected chi connectivity index (χ2v) is 4.08. The predicted octanol–water partition coefficient (Wildman–Crippen LogP) is 2.11. The van der Waals surface area contributed by atoms with E-state index in [-0.39, 0.29) is 23.9 Å². The molecule has 0 amide bonds. The van der Waals surface area contributed by atoms with E-state index in [0.29, 0.717) is 6.42 Å². The molecule has 0 heterocycles. The Balaban J connectivity index is 3.60. The van der Waals surface area contributed by atoms with Crippen molar-refractivity contribution in [1.82, 2.24) is 0 Å². The molecular weight excluding hydrogens is 192 g/mol. The van der Waals surface area contributed by atoms with Crippen LogP contribution in [0.5, 0.6) is 0 Å². The van der Waals surface area contributed by atoms with Gasteiger partial charge in [-0.2, -0.15) is 0 Å². The second kappa shape index (κ2) is 8.60. The maximum atomic E-state index is 11.4. The Morgan fingerprint density at radius 3 is 2.40 bits per heavy atom. The summed E-state index contributed by atoms with van der Waals surface area (Å²) in [6.07, 6.45) is 5.19. The summed E-state index contributed by atoms with van der Waals surface area (Å²) in [5, 5.41) is 8.60. The van der Waals surface area contributed by atoms with Gasteiger partial charge in [0.25, 0.3) is 0 Å². The fourth-order valence-corrected chi connectivity index (χ4v) is 1.46. The third-order valence-electron chi connectivity index (χ3n) is 2.55. The van der Waals surface area contributed by atoms with Gasteiger partial charge in [0.05, 0.1) is 0 Å². The zero-order chi connectivity index (χ0) is 11.7. The maximum absolute atomic E-state index is 11.4. The van der Waals surface area contributed by atoms with E-state index in [1.54, 1.807) is 6.92 Å². The first-order chi connectivity index (χ1) is 7.11. The van der Waals surface area contributed by atoms with Crippen molar-refractivity contribution in [3.05, 3.63) is 0 Å². The summed E-state index contributed by atoms with van der Waals surface area (Å²) in [5.41, 5.74) is 0. The normalized spacial score (nSPS) is 12.5. The van der Waals surface area contributed by atoms with Crippen LogP contribution < -0.4 is 0 Å². The Morgan fingerprint density at radius 2 is 1.87 bits per heavy atom. The van der Waals surface area contributed by atoms with Gasteiger partial charge in [0, 0.05) is 18.8 Å². The fraction of sp³-hybridized carbons (Fsp3) is 0.833. The van der Waals surface area contributed by atoms with Crippen LogP contribution in [0.1, 0.15) is 52.4 Å². The standard InChI is InChI=1S/C12H22O3/c1-3-4-5-6-7-11(14)8-10(2)12(15)9-13/h10,13H,3-9H2,1-2H3. The lowest BCUT2D eigenvalue weighted by molar-refractivity contribution is -0.129. The molecule has 1 N–H and O–H groups in total. The van der Waals surface area contributed by atoms with Crippen LogP contribution in [0.2, 0.25) is 0 Å². The van der Waals surface area contributed by atoms with Gasteiger partial charge in [-0.3, -0.25) is 9.59 Å². The molecule has 0 rings (SSSR count). The van der Waals surface area contributed by atoms with Crippen LogP contribution in [0.25, 0.3) is 0 Å². The number of carbonyl (C=O) groups is 2. The average Bonchev–Trinajstić information content (AvgIpc) is 2.23. The van der Waals surface area contributed by atoms with Gasteiger partial charge in [0.2, 0.25) is 0 Å². The van der Waals surface area contributed by atoms with Crippen LogP contribution in [0.3, 0.4) is 0 Å². The number of rotatable bonds is 9. The van der Waals surface area contributed by atoms with Crippen molar-refractivity contribution in [3.63, 3.8) is 0 Å². The second-order valence-electron chi connectivity index (χ2n) is 4.08. The van der Waals surface area contributed by atoms with Gasteiger partial charge < -0.3 is 5.11 Å². The van der Waals surface area contributed by atoms with Gasteiger partial charge in [-0.05, 0) is 6.42 Å². The Hall–Kier alpha value is -0.700. The van der Waals surface area contributed by atoms with Crippen molar-refractivity contribution in [3.8, 4) is 0 Å². The van der Waals surface area contributed by atoms with E-state index in [1.807, 2.05) is 0 Å². The van der Waals surface area contributed by atoms with E-state index in [1.165, 1.54) is 6.42 Å². The predicted molar refractivity (Wildman–Crippen MR) is 59.6 cm³/mol. The lowest BCUT2D eigenvalue weighted by atomic mass is 9.97. The van der Waals surface area contributed by atoms with E-state index >= 15 is 0 Å². The number of ketones is 2. The van der Waals surface area contributed by atoms with Crippen LogP contribution in [0, 0.1) is 5.92 Å². The van der Waals surface area contributed by atoms with E-state index in [0.717, 1.165) is 19.3 Å². The Kier molecular flexibility index (Phi) is 8.19. The number of hydrogen-bond donors (Lipinski definition) is 1. The molecule has 0 saturated carbocycles. The minimum atomic E-state index is -0.454. The lowest BCUT2D eigenvalue weighted by Crippen LogP contribution is -2.18. The molecule has 0 spiro atoms. The van der Waals surface area contributed by atoms with Crippen molar-refractivity contribution < 1.29 is 14.7 Å². The number of Topliss-reactive ketones (excluding diaryl/α,β-unsaturated/α-hetero) is 2. The van der Waals surface area contributed by atoms with E-state index < -0.39 is 6.61 Å². The highest BCUT2D eigenvalue weighted by molar-refractivity contribution is 5.88. The highest BCUT2D eigenvalue weighted by Gasteiger charge is 2.15. The van der Waals surface area contributed by atoms with Crippen molar-refractivity contribution >= 4 is 11.6 Å². The minimum Gasteiger partial charge on any atom is -0.389 e. The van der Waals surface area contributed by atoms with E-state index in [4.69, 9.17) is 5.11 Å². The molecule has 0 aliphatic heterocycles. The van der Waals surface area contributed by atoms with Gasteiger partial charge in [-0.25, -0.2) is 0 Å². The van der Waals surface area contributed by atoms with Crippen LogP contribution >= 0.6 is 0 Å². The summed E-state index contributed by atoms with van der Waals surface area (Å²) in [7, 11) is 0. The first-order valence-electron chi connectivity index (χ1n) is 5.77. The zero-order valence-corrected chi connectivity index (χ0v) is 9.79. The Labute approximate surface area is 91.9 Å². The summed E-state index contributed by atoms with van der Waals surface area (Å²) in [6.45, 7) is 3.37. The maximum Gasteiger partial charge on any atom is 0.161 e. The molecule has 0 bridgehead atoms.